The molecule has 1 saturated heterocycles. The number of nitrogens with one attached hydrogen (secondary N) is 2. The molecule has 4 heterocycles. The number of unbranched alkanes of at least 4 members (excludes halogenated alkanes) is 1. The van der Waals surface area contributed by atoms with E-state index in [9.17, 15) is 31.2 Å². The summed E-state index contributed by atoms with van der Waals surface area (Å²) in [4.78, 5) is 35.5. The zero-order valence-electron chi connectivity index (χ0n) is 31.0. The summed E-state index contributed by atoms with van der Waals surface area (Å²) in [5.74, 6) is -0.352. The van der Waals surface area contributed by atoms with E-state index in [1.54, 1.807) is 6.07 Å². The maximum atomic E-state index is 13.2. The third kappa shape index (κ3) is 10.4. The molecule has 2 amide bonds. The Balaban J connectivity index is 1.04. The van der Waals surface area contributed by atoms with E-state index in [0.717, 1.165) is 32.2 Å². The van der Waals surface area contributed by atoms with E-state index < -0.39 is 33.1 Å². The van der Waals surface area contributed by atoms with Gasteiger partial charge >= 0.3 is 12.3 Å². The van der Waals surface area contributed by atoms with Gasteiger partial charge in [0, 0.05) is 37.1 Å². The van der Waals surface area contributed by atoms with Gasteiger partial charge in [0.2, 0.25) is 5.88 Å². The maximum absolute atomic E-state index is 13.2. The van der Waals surface area contributed by atoms with Gasteiger partial charge in [-0.3, -0.25) is 9.78 Å². The van der Waals surface area contributed by atoms with Gasteiger partial charge in [-0.2, -0.15) is 13.2 Å². The molecule has 2 N–H and O–H groups in total. The highest BCUT2D eigenvalue weighted by Crippen LogP contribution is 2.59. The highest BCUT2D eigenvalue weighted by atomic mass is 35.5. The lowest BCUT2D eigenvalue weighted by molar-refractivity contribution is -0.190. The highest BCUT2D eigenvalue weighted by Gasteiger charge is 2.62. The van der Waals surface area contributed by atoms with E-state index in [2.05, 4.69) is 34.2 Å². The number of rotatable bonds is 15. The Bertz CT molecular complexity index is 1910. The van der Waals surface area contributed by atoms with Gasteiger partial charge in [-0.1, -0.05) is 18.0 Å². The molecular formula is C36H47ClF3N7O6S. The van der Waals surface area contributed by atoms with Crippen LogP contribution in [0.25, 0.3) is 5.82 Å². The van der Waals surface area contributed by atoms with E-state index in [4.69, 9.17) is 21.1 Å². The molecule has 5 rings (SSSR count). The third-order valence-electron chi connectivity index (χ3n) is 9.59. The van der Waals surface area contributed by atoms with Crippen LogP contribution in [0, 0.1) is 11.3 Å². The van der Waals surface area contributed by atoms with Crippen molar-refractivity contribution in [2.45, 2.75) is 108 Å². The van der Waals surface area contributed by atoms with Crippen molar-refractivity contribution in [1.82, 2.24) is 34.7 Å². The molecule has 0 aromatic carbocycles. The first-order valence-electron chi connectivity index (χ1n) is 17.8. The molecule has 0 spiro atoms. The Morgan fingerprint density at radius 3 is 2.44 bits per heavy atom. The largest absolute Gasteiger partial charge is 0.477 e. The zero-order valence-corrected chi connectivity index (χ0v) is 32.6. The lowest BCUT2D eigenvalue weighted by Crippen LogP contribution is -2.45. The van der Waals surface area contributed by atoms with Crippen molar-refractivity contribution in [2.24, 2.45) is 11.3 Å². The number of carbonyl (C=O) groups excluding carboxylic acids is 2. The number of carbonyl (C=O) groups is 2. The molecule has 2 aliphatic rings. The van der Waals surface area contributed by atoms with Crippen molar-refractivity contribution in [3.63, 3.8) is 0 Å². The summed E-state index contributed by atoms with van der Waals surface area (Å²) in [6.07, 6.45) is 1.91. The van der Waals surface area contributed by atoms with Gasteiger partial charge in [0.05, 0.1) is 23.3 Å². The van der Waals surface area contributed by atoms with Gasteiger partial charge in [0.25, 0.3) is 15.9 Å². The number of amides is 2. The number of sulfonamides is 1. The second-order valence-electron chi connectivity index (χ2n) is 15.5. The second-order valence-corrected chi connectivity index (χ2v) is 17.6. The number of pyridine rings is 2. The van der Waals surface area contributed by atoms with E-state index in [0.29, 0.717) is 24.7 Å². The lowest BCUT2D eigenvalue weighted by Gasteiger charge is -2.33. The number of likely N-dealkylation sites (tertiary alicyclic amines) is 1. The fourth-order valence-electron chi connectivity index (χ4n) is 6.44. The molecule has 3 aromatic rings. The molecule has 54 heavy (non-hydrogen) atoms. The molecule has 3 aromatic heterocycles. The molecular weight excluding hydrogens is 751 g/mol. The van der Waals surface area contributed by atoms with Gasteiger partial charge in [0.1, 0.15) is 15.6 Å². The molecule has 1 aliphatic heterocycles. The first-order chi connectivity index (χ1) is 25.2. The summed E-state index contributed by atoms with van der Waals surface area (Å²) in [5.41, 5.74) is -2.06. The molecule has 296 valence electrons. The molecule has 0 bridgehead atoms. The summed E-state index contributed by atoms with van der Waals surface area (Å²) in [6, 6.07) is 7.02. The first kappa shape index (κ1) is 41.2. The number of hydrogen-bond acceptors (Lipinski definition) is 10. The van der Waals surface area contributed by atoms with E-state index in [1.807, 2.05) is 30.4 Å². The van der Waals surface area contributed by atoms with Crippen LogP contribution in [0.5, 0.6) is 5.88 Å². The van der Waals surface area contributed by atoms with Crippen LogP contribution in [0.1, 0.15) is 95.6 Å². The van der Waals surface area contributed by atoms with E-state index in [-0.39, 0.29) is 64.8 Å². The Morgan fingerprint density at radius 1 is 1.07 bits per heavy atom. The van der Waals surface area contributed by atoms with Crippen LogP contribution in [0.2, 0.25) is 5.15 Å². The fourth-order valence-corrected chi connectivity index (χ4v) is 7.58. The van der Waals surface area contributed by atoms with Crippen molar-refractivity contribution in [3.05, 3.63) is 59.1 Å². The Morgan fingerprint density at radius 2 is 1.81 bits per heavy atom. The van der Waals surface area contributed by atoms with Crippen LogP contribution in [0.3, 0.4) is 0 Å². The summed E-state index contributed by atoms with van der Waals surface area (Å²) in [7, 11) is -4.30. The van der Waals surface area contributed by atoms with E-state index >= 15 is 0 Å². The Hall–Kier alpha value is -3.96. The van der Waals surface area contributed by atoms with Crippen molar-refractivity contribution in [2.75, 3.05) is 19.7 Å². The van der Waals surface area contributed by atoms with Gasteiger partial charge in [-0.05, 0) is 110 Å². The third-order valence-corrected chi connectivity index (χ3v) is 11.2. The first-order valence-corrected chi connectivity index (χ1v) is 19.7. The maximum Gasteiger partial charge on any atom is 0.410 e. The van der Waals surface area contributed by atoms with Crippen molar-refractivity contribution >= 4 is 33.6 Å². The number of nitrogens with zero attached hydrogens (tertiary/aromatic N) is 5. The number of halogens is 4. The molecule has 18 heteroatoms. The highest BCUT2D eigenvalue weighted by molar-refractivity contribution is 7.90. The molecule has 1 aliphatic carbocycles. The second kappa shape index (κ2) is 16.0. The SMILES string of the molecule is CC(C)(C)OC(=O)N1CC(CCCCNCc2ccc(S(=O)(=O)NC(=O)c3ccc(-n4ccc(OCCC5(C(F)(F)F)CC5)n4)nc3Cl)cn2)CC1(C)C. The molecule has 0 radical (unpaired) electrons. The Kier molecular flexibility index (Phi) is 12.2. The van der Waals surface area contributed by atoms with Crippen molar-refractivity contribution < 1.29 is 40.7 Å². The number of ether oxygens (including phenoxy) is 2. The van der Waals surface area contributed by atoms with Crippen molar-refractivity contribution in [3.8, 4) is 11.7 Å². The van der Waals surface area contributed by atoms with Crippen LogP contribution >= 0.6 is 11.6 Å². The summed E-state index contributed by atoms with van der Waals surface area (Å²) in [6.45, 7) is 11.4. The van der Waals surface area contributed by atoms with Gasteiger partial charge in [0.15, 0.2) is 5.82 Å². The standard InChI is InChI=1S/C36H47ClF3N7O6S/c1-33(2,3)53-32(49)46-23-24(20-34(46,4)5)8-6-7-17-41-21-25-9-10-26(22-42-25)54(50,51)45-31(48)27-11-12-28(43-30(27)37)47-18-13-29(44-47)52-19-16-35(14-15-35)36(38,39)40/h9-13,18,22,24,41H,6-8,14-17,19-21,23H2,1-5H3,(H,45,48). The van der Waals surface area contributed by atoms with Gasteiger partial charge in [-0.15, -0.1) is 5.10 Å². The average molecular weight is 798 g/mol. The zero-order chi connectivity index (χ0) is 39.5. The number of alkyl halides is 3. The molecule has 1 atom stereocenters. The predicted octanol–water partition coefficient (Wildman–Crippen LogP) is 6.84. The normalized spacial score (nSPS) is 18.0. The van der Waals surface area contributed by atoms with E-state index in [1.165, 1.54) is 41.3 Å². The number of hydrogen-bond donors (Lipinski definition) is 2. The van der Waals surface area contributed by atoms with Crippen LogP contribution in [0.4, 0.5) is 18.0 Å². The monoisotopic (exact) mass is 797 g/mol. The van der Waals surface area contributed by atoms with Crippen molar-refractivity contribution in [1.29, 1.82) is 0 Å². The topological polar surface area (TPSA) is 158 Å². The smallest absolute Gasteiger partial charge is 0.410 e. The van der Waals surface area contributed by atoms with Crippen LogP contribution in [-0.4, -0.2) is 82.1 Å². The molecule has 1 saturated carbocycles. The minimum atomic E-state index is -4.30. The van der Waals surface area contributed by atoms with Crippen LogP contribution in [-0.2, 0) is 21.3 Å². The lowest BCUT2D eigenvalue weighted by atomic mass is 9.93. The molecule has 13 nitrogen and oxygen atoms in total. The molecule has 2 fully saturated rings. The van der Waals surface area contributed by atoms with Gasteiger partial charge in [-0.25, -0.2) is 27.6 Å². The average Bonchev–Trinajstić information content (AvgIpc) is 3.61. The summed E-state index contributed by atoms with van der Waals surface area (Å²) in [5, 5.41) is 7.16. The minimum absolute atomic E-state index is 0.0851. The quantitative estimate of drug-likeness (QED) is 0.123. The summed E-state index contributed by atoms with van der Waals surface area (Å²) < 4.78 is 79.6. The van der Waals surface area contributed by atoms with Gasteiger partial charge < -0.3 is 19.7 Å². The minimum Gasteiger partial charge on any atom is -0.477 e. The predicted molar refractivity (Wildman–Crippen MR) is 194 cm³/mol. The Labute approximate surface area is 318 Å². The van der Waals surface area contributed by atoms with Crippen LogP contribution < -0.4 is 14.8 Å². The number of aromatic nitrogens is 4. The summed E-state index contributed by atoms with van der Waals surface area (Å²) >= 11 is 6.24. The van der Waals surface area contributed by atoms with Crippen LogP contribution in [0.15, 0.2) is 47.6 Å². The fraction of sp³-hybridized carbons (Fsp3) is 0.583. The molecule has 1 unspecified atom stereocenters.